The van der Waals surface area contributed by atoms with Crippen LogP contribution in [0.4, 0.5) is 11.4 Å². The summed E-state index contributed by atoms with van der Waals surface area (Å²) >= 11 is 0. The van der Waals surface area contributed by atoms with Crippen molar-refractivity contribution >= 4 is 33.5 Å². The van der Waals surface area contributed by atoms with E-state index in [9.17, 15) is 23.3 Å². The fraction of sp³-hybridized carbons (Fsp3) is 0.133. The highest BCUT2D eigenvalue weighted by atomic mass is 32.2. The minimum Gasteiger partial charge on any atom is -0.497 e. The Kier molecular flexibility index (Phi) is 9.50. The Morgan fingerprint density at radius 1 is 0.929 bits per heavy atom. The number of hydrogen-bond donors (Lipinski definition) is 1. The Hall–Kier alpha value is -5.23. The number of anilines is 1. The van der Waals surface area contributed by atoms with E-state index < -0.39 is 27.4 Å². The van der Waals surface area contributed by atoms with E-state index in [1.54, 1.807) is 72.8 Å². The SMILES string of the molecule is COc1ccc(N(CC(=O)N/N=C\c2ccc(OCc3ccc([N+](=O)[O-])cc3)cc2)S(=O)(=O)c2ccc(C)cc2)cc1. The maximum Gasteiger partial charge on any atom is 0.269 e. The first kappa shape index (κ1) is 29.7. The Labute approximate surface area is 243 Å². The molecule has 0 bridgehead atoms. The molecule has 0 radical (unpaired) electrons. The highest BCUT2D eigenvalue weighted by Crippen LogP contribution is 2.26. The molecular weight excluding hydrogens is 560 g/mol. The van der Waals surface area contributed by atoms with E-state index in [0.717, 1.165) is 15.4 Å². The topological polar surface area (TPSA) is 140 Å². The molecule has 0 saturated heterocycles. The molecule has 11 nitrogen and oxygen atoms in total. The number of carbonyl (C=O) groups is 1. The predicted octanol–water partition coefficient (Wildman–Crippen LogP) is 4.84. The zero-order valence-corrected chi connectivity index (χ0v) is 23.7. The first-order chi connectivity index (χ1) is 20.2. The Balaban J connectivity index is 1.39. The first-order valence-corrected chi connectivity index (χ1v) is 14.1. The number of amides is 1. The lowest BCUT2D eigenvalue weighted by atomic mass is 10.2. The van der Waals surface area contributed by atoms with E-state index in [1.165, 1.54) is 37.6 Å². The number of nitrogens with zero attached hydrogens (tertiary/aromatic N) is 3. The largest absolute Gasteiger partial charge is 0.497 e. The van der Waals surface area contributed by atoms with Gasteiger partial charge in [0.2, 0.25) is 0 Å². The van der Waals surface area contributed by atoms with Crippen LogP contribution in [0.15, 0.2) is 107 Å². The summed E-state index contributed by atoms with van der Waals surface area (Å²) in [4.78, 5) is 23.2. The summed E-state index contributed by atoms with van der Waals surface area (Å²) in [7, 11) is -2.56. The average Bonchev–Trinajstić information content (AvgIpc) is 3.00. The molecule has 1 amide bonds. The third-order valence-corrected chi connectivity index (χ3v) is 7.88. The summed E-state index contributed by atoms with van der Waals surface area (Å²) in [6, 6.07) is 25.7. The minimum atomic E-state index is -4.06. The van der Waals surface area contributed by atoms with Crippen LogP contribution in [0.25, 0.3) is 0 Å². The van der Waals surface area contributed by atoms with Crippen LogP contribution < -0.4 is 19.2 Å². The van der Waals surface area contributed by atoms with Crippen LogP contribution in [0.1, 0.15) is 16.7 Å². The van der Waals surface area contributed by atoms with Crippen molar-refractivity contribution in [1.82, 2.24) is 5.43 Å². The average molecular weight is 589 g/mol. The Bertz CT molecular complexity index is 1660. The molecule has 0 unspecified atom stereocenters. The third kappa shape index (κ3) is 7.70. The van der Waals surface area contributed by atoms with Crippen LogP contribution in [-0.4, -0.2) is 39.1 Å². The first-order valence-electron chi connectivity index (χ1n) is 12.7. The van der Waals surface area contributed by atoms with E-state index in [4.69, 9.17) is 9.47 Å². The second-order valence-electron chi connectivity index (χ2n) is 9.10. The van der Waals surface area contributed by atoms with Gasteiger partial charge in [-0.15, -0.1) is 0 Å². The molecule has 0 aliphatic carbocycles. The number of non-ortho nitro benzene ring substituents is 1. The van der Waals surface area contributed by atoms with E-state index in [-0.39, 0.29) is 17.2 Å². The number of nitrogens with one attached hydrogen (secondary N) is 1. The van der Waals surface area contributed by atoms with Gasteiger partial charge in [0.15, 0.2) is 0 Å². The quantitative estimate of drug-likeness (QED) is 0.142. The number of methoxy groups -OCH3 is 1. The normalized spacial score (nSPS) is 11.2. The number of sulfonamides is 1. The summed E-state index contributed by atoms with van der Waals surface area (Å²) in [5.41, 5.74) is 5.03. The third-order valence-electron chi connectivity index (χ3n) is 6.09. The lowest BCUT2D eigenvalue weighted by Crippen LogP contribution is -2.39. The van der Waals surface area contributed by atoms with Gasteiger partial charge in [-0.1, -0.05) is 17.7 Å². The Morgan fingerprint density at radius 2 is 1.55 bits per heavy atom. The van der Waals surface area contributed by atoms with Crippen LogP contribution in [0, 0.1) is 17.0 Å². The molecule has 0 atom stereocenters. The highest BCUT2D eigenvalue weighted by molar-refractivity contribution is 7.92. The number of aryl methyl sites for hydroxylation is 1. The van der Waals surface area contributed by atoms with Crippen LogP contribution in [0.3, 0.4) is 0 Å². The molecule has 0 saturated carbocycles. The van der Waals surface area contributed by atoms with Gasteiger partial charge in [-0.3, -0.25) is 19.2 Å². The summed E-state index contributed by atoms with van der Waals surface area (Å²) in [6.07, 6.45) is 1.42. The summed E-state index contributed by atoms with van der Waals surface area (Å²) in [5, 5.41) is 14.7. The lowest BCUT2D eigenvalue weighted by Gasteiger charge is -2.24. The van der Waals surface area contributed by atoms with Crippen LogP contribution in [0.5, 0.6) is 11.5 Å². The van der Waals surface area contributed by atoms with Crippen molar-refractivity contribution in [2.45, 2.75) is 18.4 Å². The molecule has 4 aromatic carbocycles. The standard InChI is InChI=1S/C30H28N4O7S/c1-22-3-17-29(18-4-22)42(38,39)33(25-11-15-27(40-2)16-12-25)20-30(35)32-31-19-23-7-13-28(14-8-23)41-21-24-5-9-26(10-6-24)34(36)37/h3-19H,20-21H2,1-2H3,(H,32,35)/b31-19-. The monoisotopic (exact) mass is 588 g/mol. The van der Waals surface area contributed by atoms with Crippen molar-refractivity contribution in [3.63, 3.8) is 0 Å². The molecule has 0 spiro atoms. The van der Waals surface area contributed by atoms with Crippen molar-refractivity contribution in [3.05, 3.63) is 124 Å². The number of rotatable bonds is 12. The predicted molar refractivity (Wildman–Crippen MR) is 158 cm³/mol. The van der Waals surface area contributed by atoms with Gasteiger partial charge in [0, 0.05) is 12.1 Å². The molecular formula is C30H28N4O7S. The highest BCUT2D eigenvalue weighted by Gasteiger charge is 2.27. The van der Waals surface area contributed by atoms with Crippen LogP contribution in [0.2, 0.25) is 0 Å². The fourth-order valence-corrected chi connectivity index (χ4v) is 5.20. The summed E-state index contributed by atoms with van der Waals surface area (Å²) < 4.78 is 38.9. The zero-order chi connectivity index (χ0) is 30.1. The zero-order valence-electron chi connectivity index (χ0n) is 22.8. The van der Waals surface area contributed by atoms with Crippen LogP contribution >= 0.6 is 0 Å². The molecule has 0 heterocycles. The van der Waals surface area contributed by atoms with E-state index in [0.29, 0.717) is 22.7 Å². The van der Waals surface area contributed by atoms with E-state index >= 15 is 0 Å². The van der Waals surface area contributed by atoms with E-state index in [2.05, 4.69) is 10.5 Å². The second-order valence-corrected chi connectivity index (χ2v) is 11.0. The molecule has 216 valence electrons. The molecule has 1 N–H and O–H groups in total. The van der Waals surface area contributed by atoms with Gasteiger partial charge < -0.3 is 9.47 Å². The maximum absolute atomic E-state index is 13.5. The molecule has 4 rings (SSSR count). The van der Waals surface area contributed by atoms with Gasteiger partial charge in [0.1, 0.15) is 24.7 Å². The van der Waals surface area contributed by atoms with Gasteiger partial charge in [-0.05, 0) is 90.8 Å². The van der Waals surface area contributed by atoms with Gasteiger partial charge in [-0.25, -0.2) is 13.8 Å². The Morgan fingerprint density at radius 3 is 2.14 bits per heavy atom. The molecule has 4 aromatic rings. The number of hydrogen-bond acceptors (Lipinski definition) is 8. The second kappa shape index (κ2) is 13.4. The van der Waals surface area contributed by atoms with Crippen molar-refractivity contribution in [2.24, 2.45) is 5.10 Å². The van der Waals surface area contributed by atoms with Crippen molar-refractivity contribution < 1.29 is 27.6 Å². The van der Waals surface area contributed by atoms with Crippen molar-refractivity contribution in [1.29, 1.82) is 0 Å². The molecule has 0 aliphatic heterocycles. The number of nitro groups is 1. The van der Waals surface area contributed by atoms with E-state index in [1.807, 2.05) is 6.92 Å². The molecule has 0 aromatic heterocycles. The van der Waals surface area contributed by atoms with Gasteiger partial charge >= 0.3 is 0 Å². The minimum absolute atomic E-state index is 0.0100. The number of hydrazone groups is 1. The number of benzene rings is 4. The number of carbonyl (C=O) groups excluding carboxylic acids is 1. The van der Waals surface area contributed by atoms with Crippen molar-refractivity contribution in [2.75, 3.05) is 18.0 Å². The summed E-state index contributed by atoms with van der Waals surface area (Å²) in [6.45, 7) is 1.58. The fourth-order valence-electron chi connectivity index (χ4n) is 3.78. The number of nitro benzene ring substituents is 1. The number of ether oxygens (including phenoxy) is 2. The van der Waals surface area contributed by atoms with Gasteiger partial charge in [0.05, 0.1) is 28.8 Å². The van der Waals surface area contributed by atoms with Gasteiger partial charge in [-0.2, -0.15) is 5.10 Å². The molecule has 42 heavy (non-hydrogen) atoms. The molecule has 0 fully saturated rings. The van der Waals surface area contributed by atoms with Gasteiger partial charge in [0.25, 0.3) is 21.6 Å². The smallest absolute Gasteiger partial charge is 0.269 e. The molecule has 12 heteroatoms. The maximum atomic E-state index is 13.5. The summed E-state index contributed by atoms with van der Waals surface area (Å²) in [5.74, 6) is 0.482. The van der Waals surface area contributed by atoms with Crippen molar-refractivity contribution in [3.8, 4) is 11.5 Å². The molecule has 0 aliphatic rings. The van der Waals surface area contributed by atoms with Crippen LogP contribution in [-0.2, 0) is 21.4 Å². The lowest BCUT2D eigenvalue weighted by molar-refractivity contribution is -0.384.